The van der Waals surface area contributed by atoms with Crippen LogP contribution in [0.4, 0.5) is 0 Å². The van der Waals surface area contributed by atoms with Gasteiger partial charge in [0, 0.05) is 31.2 Å². The molecule has 1 aromatic carbocycles. The molecule has 3 nitrogen and oxygen atoms in total. The first-order valence-electron chi connectivity index (χ1n) is 7.17. The van der Waals surface area contributed by atoms with E-state index in [0.717, 1.165) is 36.3 Å². The van der Waals surface area contributed by atoms with Crippen LogP contribution in [-0.4, -0.2) is 26.4 Å². The summed E-state index contributed by atoms with van der Waals surface area (Å²) in [6, 6.07) is 6.14. The molecule has 0 aliphatic carbocycles. The molecule has 0 radical (unpaired) electrons. The van der Waals surface area contributed by atoms with Crippen LogP contribution in [0.2, 0.25) is 0 Å². The Labute approximate surface area is 131 Å². The molecule has 0 spiro atoms. The van der Waals surface area contributed by atoms with Crippen LogP contribution < -0.4 is 10.1 Å². The molecule has 1 unspecified atom stereocenters. The summed E-state index contributed by atoms with van der Waals surface area (Å²) in [7, 11) is 1.71. The topological polar surface area (TPSA) is 30.5 Å². The van der Waals surface area contributed by atoms with Gasteiger partial charge in [0.05, 0.1) is 6.10 Å². The second kappa shape index (κ2) is 9.37. The predicted molar refractivity (Wildman–Crippen MR) is 87.3 cm³/mol. The third-order valence-electron chi connectivity index (χ3n) is 2.95. The number of rotatable bonds is 9. The van der Waals surface area contributed by atoms with Gasteiger partial charge in [-0.1, -0.05) is 29.8 Å². The highest BCUT2D eigenvalue weighted by atomic mass is 79.9. The lowest BCUT2D eigenvalue weighted by Crippen LogP contribution is -2.19. The van der Waals surface area contributed by atoms with Gasteiger partial charge in [-0.2, -0.15) is 0 Å². The fourth-order valence-corrected chi connectivity index (χ4v) is 2.22. The van der Waals surface area contributed by atoms with Crippen molar-refractivity contribution in [2.24, 2.45) is 5.92 Å². The van der Waals surface area contributed by atoms with Gasteiger partial charge in [0.2, 0.25) is 0 Å². The minimum absolute atomic E-state index is 0.160. The van der Waals surface area contributed by atoms with E-state index in [1.54, 1.807) is 7.11 Å². The molecule has 1 aromatic rings. The Kier molecular flexibility index (Phi) is 8.19. The Hall–Kier alpha value is -0.580. The minimum atomic E-state index is 0.160. The minimum Gasteiger partial charge on any atom is -0.491 e. The van der Waals surface area contributed by atoms with E-state index in [-0.39, 0.29) is 6.10 Å². The molecule has 0 saturated heterocycles. The van der Waals surface area contributed by atoms with Gasteiger partial charge in [-0.25, -0.2) is 0 Å². The predicted octanol–water partition coefficient (Wildman–Crippen LogP) is 4.00. The second-order valence-corrected chi connectivity index (χ2v) is 6.34. The SMILES string of the molecule is COCCC(C)Oc1ccc(Br)c(CNCC(C)C)c1. The number of halogens is 1. The molecule has 1 atom stereocenters. The summed E-state index contributed by atoms with van der Waals surface area (Å²) in [5, 5.41) is 3.45. The van der Waals surface area contributed by atoms with Crippen LogP contribution in [0.1, 0.15) is 32.8 Å². The van der Waals surface area contributed by atoms with Gasteiger partial charge in [-0.3, -0.25) is 0 Å². The highest BCUT2D eigenvalue weighted by Gasteiger charge is 2.07. The first-order chi connectivity index (χ1) is 9.52. The maximum absolute atomic E-state index is 5.91. The highest BCUT2D eigenvalue weighted by Crippen LogP contribution is 2.23. The quantitative estimate of drug-likeness (QED) is 0.735. The van der Waals surface area contributed by atoms with E-state index in [1.807, 2.05) is 12.1 Å². The molecule has 0 aliphatic heterocycles. The van der Waals surface area contributed by atoms with E-state index in [9.17, 15) is 0 Å². The summed E-state index contributed by atoms with van der Waals surface area (Å²) in [4.78, 5) is 0. The molecule has 4 heteroatoms. The fraction of sp³-hybridized carbons (Fsp3) is 0.625. The summed E-state index contributed by atoms with van der Waals surface area (Å²) in [5.41, 5.74) is 1.22. The van der Waals surface area contributed by atoms with Crippen molar-refractivity contribution in [3.05, 3.63) is 28.2 Å². The van der Waals surface area contributed by atoms with Crippen molar-refractivity contribution in [2.75, 3.05) is 20.3 Å². The fourth-order valence-electron chi connectivity index (χ4n) is 1.83. The van der Waals surface area contributed by atoms with Gasteiger partial charge in [-0.05, 0) is 43.1 Å². The molecule has 0 aromatic heterocycles. The van der Waals surface area contributed by atoms with E-state index in [1.165, 1.54) is 5.56 Å². The van der Waals surface area contributed by atoms with Crippen molar-refractivity contribution in [1.82, 2.24) is 5.32 Å². The van der Waals surface area contributed by atoms with Crippen LogP contribution in [0.15, 0.2) is 22.7 Å². The molecule has 114 valence electrons. The van der Waals surface area contributed by atoms with Gasteiger partial charge in [0.1, 0.15) is 5.75 Å². The molecule has 0 amide bonds. The smallest absolute Gasteiger partial charge is 0.120 e. The number of nitrogens with one attached hydrogen (secondary N) is 1. The molecule has 0 fully saturated rings. The van der Waals surface area contributed by atoms with Crippen LogP contribution in [-0.2, 0) is 11.3 Å². The number of hydrogen-bond acceptors (Lipinski definition) is 3. The Morgan fingerprint density at radius 2 is 2.00 bits per heavy atom. The molecule has 1 rings (SSSR count). The van der Waals surface area contributed by atoms with Crippen molar-refractivity contribution < 1.29 is 9.47 Å². The first kappa shape index (κ1) is 17.5. The van der Waals surface area contributed by atoms with Crippen molar-refractivity contribution >= 4 is 15.9 Å². The van der Waals surface area contributed by atoms with E-state index in [4.69, 9.17) is 9.47 Å². The van der Waals surface area contributed by atoms with Crippen molar-refractivity contribution in [1.29, 1.82) is 0 Å². The monoisotopic (exact) mass is 343 g/mol. The van der Waals surface area contributed by atoms with E-state index >= 15 is 0 Å². The standard InChI is InChI=1S/C16H26BrNO2/c1-12(2)10-18-11-14-9-15(5-6-16(14)17)20-13(3)7-8-19-4/h5-6,9,12-13,18H,7-8,10-11H2,1-4H3. The molecular formula is C16H26BrNO2. The number of hydrogen-bond donors (Lipinski definition) is 1. The summed E-state index contributed by atoms with van der Waals surface area (Å²) in [5.74, 6) is 1.57. The molecule has 0 aliphatic rings. The number of benzene rings is 1. The maximum Gasteiger partial charge on any atom is 0.120 e. The van der Waals surface area contributed by atoms with Crippen LogP contribution in [0.5, 0.6) is 5.75 Å². The zero-order valence-electron chi connectivity index (χ0n) is 12.9. The van der Waals surface area contributed by atoms with Gasteiger partial charge in [0.15, 0.2) is 0 Å². The third kappa shape index (κ3) is 6.73. The average molecular weight is 344 g/mol. The lowest BCUT2D eigenvalue weighted by atomic mass is 10.2. The summed E-state index contributed by atoms with van der Waals surface area (Å²) < 4.78 is 12.1. The van der Waals surface area contributed by atoms with Crippen molar-refractivity contribution in [3.8, 4) is 5.75 Å². The molecular weight excluding hydrogens is 318 g/mol. The van der Waals surface area contributed by atoms with Crippen LogP contribution in [0.3, 0.4) is 0 Å². The third-order valence-corrected chi connectivity index (χ3v) is 3.72. The van der Waals surface area contributed by atoms with Crippen molar-refractivity contribution in [3.63, 3.8) is 0 Å². The Morgan fingerprint density at radius 3 is 2.65 bits per heavy atom. The largest absolute Gasteiger partial charge is 0.491 e. The Balaban J connectivity index is 2.56. The molecule has 20 heavy (non-hydrogen) atoms. The summed E-state index contributed by atoms with van der Waals surface area (Å²) >= 11 is 3.59. The number of ether oxygens (including phenoxy) is 2. The van der Waals surface area contributed by atoms with Gasteiger partial charge in [0.25, 0.3) is 0 Å². The summed E-state index contributed by atoms with van der Waals surface area (Å²) in [6.07, 6.45) is 1.06. The van der Waals surface area contributed by atoms with E-state index < -0.39 is 0 Å². The average Bonchev–Trinajstić information content (AvgIpc) is 2.39. The zero-order valence-corrected chi connectivity index (χ0v) is 14.5. The van der Waals surface area contributed by atoms with Crippen molar-refractivity contribution in [2.45, 2.75) is 39.8 Å². The van der Waals surface area contributed by atoms with E-state index in [2.05, 4.69) is 48.1 Å². The molecule has 1 N–H and O–H groups in total. The van der Waals surface area contributed by atoms with E-state index in [0.29, 0.717) is 5.92 Å². The van der Waals surface area contributed by atoms with Gasteiger partial charge >= 0.3 is 0 Å². The lowest BCUT2D eigenvalue weighted by molar-refractivity contribution is 0.135. The first-order valence-corrected chi connectivity index (χ1v) is 7.97. The van der Waals surface area contributed by atoms with Crippen LogP contribution in [0, 0.1) is 5.92 Å². The lowest BCUT2D eigenvalue weighted by Gasteiger charge is -2.16. The molecule has 0 bridgehead atoms. The Bertz CT molecular complexity index is 396. The zero-order chi connectivity index (χ0) is 15.0. The second-order valence-electron chi connectivity index (χ2n) is 5.49. The van der Waals surface area contributed by atoms with Crippen LogP contribution in [0.25, 0.3) is 0 Å². The van der Waals surface area contributed by atoms with Crippen LogP contribution >= 0.6 is 15.9 Å². The highest BCUT2D eigenvalue weighted by molar-refractivity contribution is 9.10. The maximum atomic E-state index is 5.91. The number of methoxy groups -OCH3 is 1. The molecule has 0 heterocycles. The van der Waals surface area contributed by atoms with Gasteiger partial charge in [-0.15, -0.1) is 0 Å². The normalized spacial score (nSPS) is 12.7. The Morgan fingerprint density at radius 1 is 1.25 bits per heavy atom. The summed E-state index contributed by atoms with van der Waals surface area (Å²) in [6.45, 7) is 9.07. The van der Waals surface area contributed by atoms with Gasteiger partial charge < -0.3 is 14.8 Å². The molecule has 0 saturated carbocycles.